The highest BCUT2D eigenvalue weighted by atomic mass is 15.0. The molecule has 2 heterocycles. The van der Waals surface area contributed by atoms with E-state index < -0.39 is 0 Å². The number of benzene rings is 6. The van der Waals surface area contributed by atoms with Crippen molar-refractivity contribution in [3.63, 3.8) is 0 Å². The lowest BCUT2D eigenvalue weighted by molar-refractivity contribution is 1.11. The quantitative estimate of drug-likeness (QED) is 0.184. The number of nitrogens with zero attached hydrogens (tertiary/aromatic N) is 4. The van der Waals surface area contributed by atoms with Crippen molar-refractivity contribution in [3.8, 4) is 45.8 Å². The molecule has 6 aromatic carbocycles. The minimum absolute atomic E-state index is 0.611. The molecule has 4 heteroatoms. The van der Waals surface area contributed by atoms with Gasteiger partial charge in [-0.1, -0.05) is 97.6 Å². The maximum absolute atomic E-state index is 10.2. The summed E-state index contributed by atoms with van der Waals surface area (Å²) in [4.78, 5) is 0. The molecule has 0 spiro atoms. The highest BCUT2D eigenvalue weighted by Crippen LogP contribution is 2.38. The maximum atomic E-state index is 10.2. The minimum Gasteiger partial charge on any atom is -0.309 e. The molecule has 2 aromatic heterocycles. The summed E-state index contributed by atoms with van der Waals surface area (Å²) in [6.07, 6.45) is 6.13. The fourth-order valence-corrected chi connectivity index (χ4v) is 7.15. The molecule has 0 amide bonds. The van der Waals surface area contributed by atoms with Gasteiger partial charge in [-0.3, -0.25) is 0 Å². The van der Waals surface area contributed by atoms with Crippen molar-refractivity contribution in [3.05, 3.63) is 168 Å². The van der Waals surface area contributed by atoms with Gasteiger partial charge in [0, 0.05) is 38.5 Å². The summed E-state index contributed by atoms with van der Waals surface area (Å²) in [7, 11) is 0. The molecule has 49 heavy (non-hydrogen) atoms. The second-order valence-electron chi connectivity index (χ2n) is 12.0. The number of fused-ring (bicyclic) bond motifs is 4. The molecule has 0 atom stereocenters. The van der Waals surface area contributed by atoms with E-state index in [9.17, 15) is 10.5 Å². The average Bonchev–Trinajstić information content (AvgIpc) is 3.66. The van der Waals surface area contributed by atoms with Crippen LogP contribution >= 0.6 is 0 Å². The predicted octanol–water partition coefficient (Wildman–Crippen LogP) is 11.5. The molecular formula is C45H30N4. The number of rotatable bonds is 6. The minimum atomic E-state index is 0.611. The normalized spacial score (nSPS) is 11.3. The number of para-hydroxylation sites is 3. The third-order valence-electron chi connectivity index (χ3n) is 9.32. The zero-order valence-corrected chi connectivity index (χ0v) is 26.9. The molecule has 0 bridgehead atoms. The lowest BCUT2D eigenvalue weighted by atomic mass is 9.94. The van der Waals surface area contributed by atoms with Gasteiger partial charge in [0.1, 0.15) is 0 Å². The number of nitriles is 2. The summed E-state index contributed by atoms with van der Waals surface area (Å²) in [6, 6.07) is 50.1. The molecule has 0 fully saturated rings. The Hall–Kier alpha value is -6.88. The first-order valence-corrected chi connectivity index (χ1v) is 16.2. The Morgan fingerprint density at radius 2 is 1.27 bits per heavy atom. The molecule has 0 aliphatic carbocycles. The van der Waals surface area contributed by atoms with E-state index in [0.717, 1.165) is 77.6 Å². The van der Waals surface area contributed by atoms with Crippen LogP contribution in [0.3, 0.4) is 0 Å². The van der Waals surface area contributed by atoms with Gasteiger partial charge < -0.3 is 9.13 Å². The van der Waals surface area contributed by atoms with Gasteiger partial charge >= 0.3 is 0 Å². The van der Waals surface area contributed by atoms with Crippen molar-refractivity contribution in [2.24, 2.45) is 0 Å². The number of allylic oxidation sites excluding steroid dienone is 1. The number of hydrogen-bond acceptors (Lipinski definition) is 2. The summed E-state index contributed by atoms with van der Waals surface area (Å²) >= 11 is 0. The summed E-state index contributed by atoms with van der Waals surface area (Å²) in [5.41, 5.74) is 12.5. The third-order valence-corrected chi connectivity index (χ3v) is 9.32. The lowest BCUT2D eigenvalue weighted by Gasteiger charge is -2.16. The first-order valence-electron chi connectivity index (χ1n) is 16.2. The van der Waals surface area contributed by atoms with Crippen LogP contribution in [-0.2, 0) is 0 Å². The van der Waals surface area contributed by atoms with E-state index in [4.69, 9.17) is 0 Å². The van der Waals surface area contributed by atoms with Crippen LogP contribution in [0, 0.1) is 22.7 Å². The van der Waals surface area contributed by atoms with E-state index in [1.54, 1.807) is 0 Å². The smallest absolute Gasteiger partial charge is 0.0998 e. The van der Waals surface area contributed by atoms with E-state index in [2.05, 4.69) is 131 Å². The first kappa shape index (κ1) is 29.5. The van der Waals surface area contributed by atoms with E-state index in [1.165, 1.54) is 0 Å². The van der Waals surface area contributed by atoms with E-state index in [0.29, 0.717) is 11.1 Å². The fourth-order valence-electron chi connectivity index (χ4n) is 7.15. The molecule has 230 valence electrons. The zero-order chi connectivity index (χ0) is 33.5. The van der Waals surface area contributed by atoms with Crippen LogP contribution in [0.15, 0.2) is 146 Å². The summed E-state index contributed by atoms with van der Waals surface area (Å²) in [6.45, 7) is 6.18. The summed E-state index contributed by atoms with van der Waals surface area (Å²) in [5, 5.41) is 23.2. The van der Waals surface area contributed by atoms with Gasteiger partial charge in [-0.2, -0.15) is 10.5 Å². The maximum Gasteiger partial charge on any atom is 0.0998 e. The number of aromatic nitrogens is 2. The van der Waals surface area contributed by atoms with E-state index in [-0.39, 0.29) is 0 Å². The fraction of sp³-hybridized carbons (Fsp3) is 0.0222. The molecule has 0 saturated heterocycles. The van der Waals surface area contributed by atoms with Crippen molar-refractivity contribution in [1.82, 2.24) is 9.13 Å². The van der Waals surface area contributed by atoms with Gasteiger partial charge in [-0.15, -0.1) is 0 Å². The van der Waals surface area contributed by atoms with Crippen molar-refractivity contribution < 1.29 is 0 Å². The van der Waals surface area contributed by atoms with Gasteiger partial charge in [0.25, 0.3) is 0 Å². The Labute approximate surface area is 285 Å². The van der Waals surface area contributed by atoms with E-state index >= 15 is 0 Å². The molecule has 0 aliphatic heterocycles. The highest BCUT2D eigenvalue weighted by molar-refractivity contribution is 6.09. The molecule has 8 aromatic rings. The van der Waals surface area contributed by atoms with Crippen molar-refractivity contribution >= 4 is 44.9 Å². The Morgan fingerprint density at radius 3 is 2.00 bits per heavy atom. The Balaban J connectivity index is 1.27. The van der Waals surface area contributed by atoms with Crippen molar-refractivity contribution in [1.29, 1.82) is 10.5 Å². The SMILES string of the molecule is C=Cc1c(/C=C\C)n(-c2ccccc2-c2ccc(C#N)c(-c3ccc(-n4c5ccccc5c5ccc(C#N)cc54)cc3)c2)c2ccccc12. The average molecular weight is 627 g/mol. The topological polar surface area (TPSA) is 57.4 Å². The Morgan fingerprint density at radius 1 is 0.592 bits per heavy atom. The number of hydrogen-bond donors (Lipinski definition) is 0. The van der Waals surface area contributed by atoms with Crippen LogP contribution in [-0.4, -0.2) is 9.13 Å². The van der Waals surface area contributed by atoms with Crippen LogP contribution < -0.4 is 0 Å². The Kier molecular flexibility index (Phi) is 7.26. The second kappa shape index (κ2) is 12.0. The first-order chi connectivity index (χ1) is 24.1. The molecule has 0 saturated carbocycles. The monoisotopic (exact) mass is 626 g/mol. The zero-order valence-electron chi connectivity index (χ0n) is 26.9. The third kappa shape index (κ3) is 4.75. The van der Waals surface area contributed by atoms with Gasteiger partial charge in [0.15, 0.2) is 0 Å². The van der Waals surface area contributed by atoms with Gasteiger partial charge in [-0.05, 0) is 78.7 Å². The van der Waals surface area contributed by atoms with Crippen LogP contribution in [0.2, 0.25) is 0 Å². The van der Waals surface area contributed by atoms with E-state index in [1.807, 2.05) is 55.5 Å². The van der Waals surface area contributed by atoms with Crippen LogP contribution in [0.4, 0.5) is 0 Å². The molecule has 8 rings (SSSR count). The summed E-state index contributed by atoms with van der Waals surface area (Å²) in [5.74, 6) is 0. The highest BCUT2D eigenvalue weighted by Gasteiger charge is 2.19. The van der Waals surface area contributed by atoms with Crippen LogP contribution in [0.1, 0.15) is 29.3 Å². The van der Waals surface area contributed by atoms with Crippen molar-refractivity contribution in [2.75, 3.05) is 0 Å². The van der Waals surface area contributed by atoms with Crippen molar-refractivity contribution in [2.45, 2.75) is 6.92 Å². The van der Waals surface area contributed by atoms with Gasteiger partial charge in [-0.25, -0.2) is 0 Å². The molecule has 0 aliphatic rings. The Bertz CT molecular complexity index is 2700. The largest absolute Gasteiger partial charge is 0.309 e. The molecular weight excluding hydrogens is 597 g/mol. The van der Waals surface area contributed by atoms with Gasteiger partial charge in [0.2, 0.25) is 0 Å². The predicted molar refractivity (Wildman–Crippen MR) is 203 cm³/mol. The van der Waals surface area contributed by atoms with Crippen LogP contribution in [0.25, 0.3) is 78.5 Å². The van der Waals surface area contributed by atoms with Crippen LogP contribution in [0.5, 0.6) is 0 Å². The lowest BCUT2D eigenvalue weighted by Crippen LogP contribution is -2.00. The molecule has 0 radical (unpaired) electrons. The molecule has 0 unspecified atom stereocenters. The standard InChI is InChI=1S/C45H30N4/c1-3-11-41-35(4-2)37-13-6-10-17-44(37)49(41)42-15-8-5-12-36(42)32-19-20-33(29-47)40(27-32)31-21-23-34(24-22-31)48-43-16-9-7-14-38(43)39-25-18-30(28-46)26-45(39)48/h3-27H,2H2,1H3/b11-3-. The van der Waals surface area contributed by atoms with Gasteiger partial charge in [0.05, 0.1) is 51.2 Å². The molecule has 0 N–H and O–H groups in total. The second-order valence-corrected chi connectivity index (χ2v) is 12.0. The molecule has 4 nitrogen and oxygen atoms in total. The summed E-state index contributed by atoms with van der Waals surface area (Å²) < 4.78 is 4.51.